The number of benzene rings is 1. The van der Waals surface area contributed by atoms with Crippen molar-refractivity contribution in [3.8, 4) is 5.75 Å². The van der Waals surface area contributed by atoms with Crippen LogP contribution >= 0.6 is 11.6 Å². The van der Waals surface area contributed by atoms with Crippen LogP contribution in [0.1, 0.15) is 5.56 Å². The number of aromatic nitrogens is 2. The van der Waals surface area contributed by atoms with Gasteiger partial charge in [-0.05, 0) is 24.6 Å². The number of aliphatic hydroxyl groups excluding tert-OH is 1. The molecule has 0 radical (unpaired) electrons. The highest BCUT2D eigenvalue weighted by molar-refractivity contribution is 6.30. The summed E-state index contributed by atoms with van der Waals surface area (Å²) < 4.78 is 7.09. The van der Waals surface area contributed by atoms with Gasteiger partial charge in [0.05, 0.1) is 17.8 Å². The molecular weight excluding hydrogens is 252 g/mol. The van der Waals surface area contributed by atoms with E-state index >= 15 is 0 Å². The van der Waals surface area contributed by atoms with Gasteiger partial charge in [0.1, 0.15) is 18.5 Å². The third-order valence-electron chi connectivity index (χ3n) is 2.43. The first kappa shape index (κ1) is 12.9. The van der Waals surface area contributed by atoms with Gasteiger partial charge in [-0.25, -0.2) is 0 Å². The highest BCUT2D eigenvalue weighted by Gasteiger charge is 2.07. The summed E-state index contributed by atoms with van der Waals surface area (Å²) in [5.74, 6) is 0.757. The summed E-state index contributed by atoms with van der Waals surface area (Å²) in [5, 5.41) is 14.4. The SMILES string of the molecule is Cc1cccc(OCC(O)Cn2cc(Cl)cn2)c1. The summed E-state index contributed by atoms with van der Waals surface area (Å²) in [6.07, 6.45) is 2.58. The molecule has 2 aromatic rings. The second-order valence-corrected chi connectivity index (χ2v) is 4.60. The molecule has 0 spiro atoms. The van der Waals surface area contributed by atoms with Crippen LogP contribution in [0, 0.1) is 6.92 Å². The summed E-state index contributed by atoms with van der Waals surface area (Å²) >= 11 is 5.74. The third-order valence-corrected chi connectivity index (χ3v) is 2.63. The van der Waals surface area contributed by atoms with E-state index in [9.17, 15) is 5.11 Å². The summed E-state index contributed by atoms with van der Waals surface area (Å²) in [5.41, 5.74) is 1.13. The van der Waals surface area contributed by atoms with Crippen LogP contribution in [0.4, 0.5) is 0 Å². The van der Waals surface area contributed by atoms with Gasteiger partial charge in [-0.1, -0.05) is 23.7 Å². The van der Waals surface area contributed by atoms with Crippen molar-refractivity contribution in [1.29, 1.82) is 0 Å². The van der Waals surface area contributed by atoms with Gasteiger partial charge >= 0.3 is 0 Å². The van der Waals surface area contributed by atoms with Crippen molar-refractivity contribution in [3.63, 3.8) is 0 Å². The number of rotatable bonds is 5. The van der Waals surface area contributed by atoms with E-state index in [1.165, 1.54) is 6.20 Å². The molecule has 0 amide bonds. The lowest BCUT2D eigenvalue weighted by atomic mass is 10.2. The van der Waals surface area contributed by atoms with Crippen LogP contribution < -0.4 is 4.74 Å². The van der Waals surface area contributed by atoms with Crippen molar-refractivity contribution >= 4 is 11.6 Å². The summed E-state index contributed by atoms with van der Waals surface area (Å²) in [6.45, 7) is 2.58. The van der Waals surface area contributed by atoms with E-state index in [1.807, 2.05) is 31.2 Å². The number of halogens is 1. The van der Waals surface area contributed by atoms with Gasteiger partial charge in [-0.15, -0.1) is 0 Å². The molecular formula is C13H15ClN2O2. The predicted molar refractivity (Wildman–Crippen MR) is 69.9 cm³/mol. The average Bonchev–Trinajstić information content (AvgIpc) is 2.72. The minimum absolute atomic E-state index is 0.223. The van der Waals surface area contributed by atoms with Gasteiger partial charge in [-0.3, -0.25) is 4.68 Å². The van der Waals surface area contributed by atoms with Crippen LogP contribution in [0.5, 0.6) is 5.75 Å². The molecule has 1 N–H and O–H groups in total. The van der Waals surface area contributed by atoms with Crippen LogP contribution in [0.15, 0.2) is 36.7 Å². The molecule has 5 heteroatoms. The van der Waals surface area contributed by atoms with Crippen molar-refractivity contribution in [2.75, 3.05) is 6.61 Å². The minimum atomic E-state index is -0.624. The maximum absolute atomic E-state index is 9.81. The molecule has 18 heavy (non-hydrogen) atoms. The minimum Gasteiger partial charge on any atom is -0.491 e. The monoisotopic (exact) mass is 266 g/mol. The van der Waals surface area contributed by atoms with E-state index in [4.69, 9.17) is 16.3 Å². The summed E-state index contributed by atoms with van der Waals surface area (Å²) in [4.78, 5) is 0. The Hall–Kier alpha value is -1.52. The Morgan fingerprint density at radius 1 is 1.50 bits per heavy atom. The Morgan fingerprint density at radius 2 is 2.33 bits per heavy atom. The fraction of sp³-hybridized carbons (Fsp3) is 0.308. The Balaban J connectivity index is 1.83. The molecule has 0 fully saturated rings. The van der Waals surface area contributed by atoms with E-state index in [0.29, 0.717) is 11.6 Å². The molecule has 1 aromatic carbocycles. The number of hydrogen-bond acceptors (Lipinski definition) is 3. The van der Waals surface area contributed by atoms with E-state index in [0.717, 1.165) is 11.3 Å². The zero-order valence-corrected chi connectivity index (χ0v) is 10.8. The van der Waals surface area contributed by atoms with Crippen molar-refractivity contribution in [1.82, 2.24) is 9.78 Å². The van der Waals surface area contributed by atoms with E-state index in [1.54, 1.807) is 10.9 Å². The van der Waals surface area contributed by atoms with Crippen molar-refractivity contribution < 1.29 is 9.84 Å². The van der Waals surface area contributed by atoms with E-state index < -0.39 is 6.10 Å². The molecule has 0 aliphatic rings. The first-order valence-electron chi connectivity index (χ1n) is 5.69. The van der Waals surface area contributed by atoms with Crippen LogP contribution in [0.3, 0.4) is 0 Å². The molecule has 0 saturated heterocycles. The molecule has 96 valence electrons. The molecule has 1 atom stereocenters. The van der Waals surface area contributed by atoms with Gasteiger partial charge in [-0.2, -0.15) is 5.10 Å². The zero-order valence-electron chi connectivity index (χ0n) is 10.1. The summed E-state index contributed by atoms with van der Waals surface area (Å²) in [7, 11) is 0. The standard InChI is InChI=1S/C13H15ClN2O2/c1-10-3-2-4-13(5-10)18-9-12(17)8-16-7-11(14)6-15-16/h2-7,12,17H,8-9H2,1H3. The average molecular weight is 267 g/mol. The molecule has 0 aliphatic carbocycles. The predicted octanol–water partition coefficient (Wildman–Crippen LogP) is 2.28. The van der Waals surface area contributed by atoms with Gasteiger partial charge in [0, 0.05) is 6.20 Å². The first-order valence-corrected chi connectivity index (χ1v) is 6.07. The topological polar surface area (TPSA) is 47.3 Å². The highest BCUT2D eigenvalue weighted by Crippen LogP contribution is 2.13. The zero-order chi connectivity index (χ0) is 13.0. The van der Waals surface area contributed by atoms with Crippen LogP contribution in [-0.2, 0) is 6.54 Å². The third kappa shape index (κ3) is 3.75. The highest BCUT2D eigenvalue weighted by atomic mass is 35.5. The molecule has 1 unspecified atom stereocenters. The second kappa shape index (κ2) is 5.89. The number of ether oxygens (including phenoxy) is 1. The Kier molecular flexibility index (Phi) is 4.23. The Bertz CT molecular complexity index is 513. The normalized spacial score (nSPS) is 12.4. The van der Waals surface area contributed by atoms with Gasteiger partial charge in [0.25, 0.3) is 0 Å². The largest absolute Gasteiger partial charge is 0.491 e. The quantitative estimate of drug-likeness (QED) is 0.903. The molecule has 1 heterocycles. The maximum Gasteiger partial charge on any atom is 0.119 e. The van der Waals surface area contributed by atoms with Crippen molar-refractivity contribution in [2.24, 2.45) is 0 Å². The van der Waals surface area contributed by atoms with Gasteiger partial charge in [0.15, 0.2) is 0 Å². The van der Waals surface area contributed by atoms with Crippen LogP contribution in [0.2, 0.25) is 5.02 Å². The Labute approximate surface area is 111 Å². The fourth-order valence-electron chi connectivity index (χ4n) is 1.60. The fourth-order valence-corrected chi connectivity index (χ4v) is 1.76. The number of hydrogen-bond donors (Lipinski definition) is 1. The number of aryl methyl sites for hydroxylation is 1. The van der Waals surface area contributed by atoms with Crippen molar-refractivity contribution in [3.05, 3.63) is 47.2 Å². The first-order chi connectivity index (χ1) is 8.63. The Morgan fingerprint density at radius 3 is 3.00 bits per heavy atom. The number of aliphatic hydroxyl groups is 1. The lowest BCUT2D eigenvalue weighted by Crippen LogP contribution is -2.23. The molecule has 4 nitrogen and oxygen atoms in total. The van der Waals surface area contributed by atoms with E-state index in [2.05, 4.69) is 5.10 Å². The number of nitrogens with zero attached hydrogens (tertiary/aromatic N) is 2. The molecule has 1 aromatic heterocycles. The smallest absolute Gasteiger partial charge is 0.119 e. The molecule has 0 saturated carbocycles. The molecule has 0 bridgehead atoms. The van der Waals surface area contributed by atoms with Crippen molar-refractivity contribution in [2.45, 2.75) is 19.6 Å². The van der Waals surface area contributed by atoms with Crippen LogP contribution in [0.25, 0.3) is 0 Å². The summed E-state index contributed by atoms with van der Waals surface area (Å²) in [6, 6.07) is 7.71. The maximum atomic E-state index is 9.81. The van der Waals surface area contributed by atoms with Gasteiger partial charge in [0.2, 0.25) is 0 Å². The van der Waals surface area contributed by atoms with Gasteiger partial charge < -0.3 is 9.84 Å². The van der Waals surface area contributed by atoms with Crippen LogP contribution in [-0.4, -0.2) is 27.6 Å². The van der Waals surface area contributed by atoms with E-state index in [-0.39, 0.29) is 6.61 Å². The second-order valence-electron chi connectivity index (χ2n) is 4.16. The lowest BCUT2D eigenvalue weighted by molar-refractivity contribution is 0.0893. The molecule has 2 rings (SSSR count). The lowest BCUT2D eigenvalue weighted by Gasteiger charge is -2.12. The molecule has 0 aliphatic heterocycles.